The summed E-state index contributed by atoms with van der Waals surface area (Å²) >= 11 is 0. The number of hydrogen-bond acceptors (Lipinski definition) is 4. The molecule has 0 aromatic heterocycles. The van der Waals surface area contributed by atoms with Crippen LogP contribution in [0.5, 0.6) is 11.5 Å². The van der Waals surface area contributed by atoms with Gasteiger partial charge in [-0.25, -0.2) is 4.79 Å². The molecular weight excluding hydrogens is 280 g/mol. The zero-order chi connectivity index (χ0) is 16.1. The Bertz CT molecular complexity index is 656. The number of phenols is 1. The van der Waals surface area contributed by atoms with E-state index in [1.807, 2.05) is 12.1 Å². The van der Waals surface area contributed by atoms with Gasteiger partial charge in [-0.3, -0.25) is 0 Å². The van der Waals surface area contributed by atoms with Gasteiger partial charge in [-0.1, -0.05) is 30.8 Å². The molecule has 4 nitrogen and oxygen atoms in total. The largest absolute Gasteiger partial charge is 0.508 e. The lowest BCUT2D eigenvalue weighted by atomic mass is 10.0. The first kappa shape index (κ1) is 15.8. The Morgan fingerprint density at radius 2 is 1.55 bits per heavy atom. The summed E-state index contributed by atoms with van der Waals surface area (Å²) in [5.41, 5.74) is 2.19. The van der Waals surface area contributed by atoms with Gasteiger partial charge in [0.05, 0.1) is 0 Å². The Morgan fingerprint density at radius 3 is 2.00 bits per heavy atom. The molecule has 0 fully saturated rings. The van der Waals surface area contributed by atoms with Crippen molar-refractivity contribution < 1.29 is 19.4 Å². The molecule has 0 spiro atoms. The summed E-state index contributed by atoms with van der Waals surface area (Å²) in [5.74, 6) is 0.215. The Balaban J connectivity index is 2.18. The first-order valence-electron chi connectivity index (χ1n) is 6.80. The van der Waals surface area contributed by atoms with E-state index in [4.69, 9.17) is 9.47 Å². The molecule has 2 aromatic rings. The van der Waals surface area contributed by atoms with Crippen LogP contribution in [0.15, 0.2) is 60.7 Å². The average molecular weight is 298 g/mol. The SMILES string of the molecule is C=C(C)C(=O)Oc1ccc(C(OC)c2ccc(O)cc2)cc1. The van der Waals surface area contributed by atoms with E-state index >= 15 is 0 Å². The lowest BCUT2D eigenvalue weighted by molar-refractivity contribution is -0.130. The summed E-state index contributed by atoms with van der Waals surface area (Å²) in [7, 11) is 1.62. The molecule has 0 bridgehead atoms. The molecule has 0 saturated heterocycles. The number of phenolic OH excluding ortho intramolecular Hbond substituents is 1. The van der Waals surface area contributed by atoms with Gasteiger partial charge in [0.15, 0.2) is 0 Å². The normalized spacial score (nSPS) is 11.7. The number of carbonyl (C=O) groups is 1. The van der Waals surface area contributed by atoms with Crippen LogP contribution in [0.4, 0.5) is 0 Å². The predicted octanol–water partition coefficient (Wildman–Crippen LogP) is 3.61. The number of aromatic hydroxyl groups is 1. The monoisotopic (exact) mass is 298 g/mol. The van der Waals surface area contributed by atoms with E-state index < -0.39 is 5.97 Å². The summed E-state index contributed by atoms with van der Waals surface area (Å²) < 4.78 is 10.7. The predicted molar refractivity (Wildman–Crippen MR) is 83.8 cm³/mol. The topological polar surface area (TPSA) is 55.8 Å². The maximum atomic E-state index is 11.5. The molecule has 0 heterocycles. The fourth-order valence-electron chi connectivity index (χ4n) is 2.02. The van der Waals surface area contributed by atoms with Crippen molar-refractivity contribution in [1.82, 2.24) is 0 Å². The minimum absolute atomic E-state index is 0.209. The first-order valence-corrected chi connectivity index (χ1v) is 6.80. The van der Waals surface area contributed by atoms with E-state index in [0.29, 0.717) is 11.3 Å². The molecule has 0 aliphatic heterocycles. The molecule has 0 aliphatic rings. The smallest absolute Gasteiger partial charge is 0.338 e. The number of rotatable bonds is 5. The van der Waals surface area contributed by atoms with Gasteiger partial charge in [0.1, 0.15) is 17.6 Å². The van der Waals surface area contributed by atoms with Crippen molar-refractivity contribution in [3.8, 4) is 11.5 Å². The van der Waals surface area contributed by atoms with E-state index in [1.54, 1.807) is 50.4 Å². The zero-order valence-corrected chi connectivity index (χ0v) is 12.6. The highest BCUT2D eigenvalue weighted by Crippen LogP contribution is 2.28. The summed E-state index contributed by atoms with van der Waals surface area (Å²) in [4.78, 5) is 11.5. The van der Waals surface area contributed by atoms with E-state index in [-0.39, 0.29) is 11.9 Å². The molecule has 0 saturated carbocycles. The minimum atomic E-state index is -0.449. The van der Waals surface area contributed by atoms with Gasteiger partial charge in [0.2, 0.25) is 0 Å². The van der Waals surface area contributed by atoms with Crippen molar-refractivity contribution in [3.63, 3.8) is 0 Å². The van der Waals surface area contributed by atoms with Gasteiger partial charge >= 0.3 is 5.97 Å². The molecule has 2 rings (SSSR count). The number of carbonyl (C=O) groups excluding carboxylic acids is 1. The van der Waals surface area contributed by atoms with E-state index in [9.17, 15) is 9.90 Å². The van der Waals surface area contributed by atoms with Gasteiger partial charge in [-0.15, -0.1) is 0 Å². The first-order chi connectivity index (χ1) is 10.5. The van der Waals surface area contributed by atoms with Crippen LogP contribution in [-0.2, 0) is 9.53 Å². The van der Waals surface area contributed by atoms with Gasteiger partial charge in [-0.2, -0.15) is 0 Å². The average Bonchev–Trinajstić information content (AvgIpc) is 2.51. The third-order valence-electron chi connectivity index (χ3n) is 3.17. The number of methoxy groups -OCH3 is 1. The molecule has 0 amide bonds. The number of ether oxygens (including phenoxy) is 2. The third-order valence-corrected chi connectivity index (χ3v) is 3.17. The Kier molecular flexibility index (Phi) is 4.96. The second kappa shape index (κ2) is 6.91. The van der Waals surface area contributed by atoms with E-state index in [0.717, 1.165) is 11.1 Å². The van der Waals surface area contributed by atoms with Crippen molar-refractivity contribution in [1.29, 1.82) is 0 Å². The molecule has 0 aliphatic carbocycles. The zero-order valence-electron chi connectivity index (χ0n) is 12.6. The van der Waals surface area contributed by atoms with Crippen molar-refractivity contribution in [2.24, 2.45) is 0 Å². The van der Waals surface area contributed by atoms with E-state index in [1.165, 1.54) is 0 Å². The maximum absolute atomic E-state index is 11.5. The molecule has 2 aromatic carbocycles. The van der Waals surface area contributed by atoms with E-state index in [2.05, 4.69) is 6.58 Å². The molecule has 4 heteroatoms. The van der Waals surface area contributed by atoms with Crippen LogP contribution in [0.1, 0.15) is 24.2 Å². The molecule has 1 atom stereocenters. The van der Waals surface area contributed by atoms with Crippen LogP contribution in [0.2, 0.25) is 0 Å². The van der Waals surface area contributed by atoms with Gasteiger partial charge < -0.3 is 14.6 Å². The number of esters is 1. The molecule has 1 unspecified atom stereocenters. The van der Waals surface area contributed by atoms with Crippen molar-refractivity contribution in [2.75, 3.05) is 7.11 Å². The summed E-state index contributed by atoms with van der Waals surface area (Å²) in [5, 5.41) is 9.35. The Morgan fingerprint density at radius 1 is 1.05 bits per heavy atom. The van der Waals surface area contributed by atoms with Crippen molar-refractivity contribution in [3.05, 3.63) is 71.8 Å². The Labute approximate surface area is 129 Å². The number of benzene rings is 2. The van der Waals surface area contributed by atoms with Crippen molar-refractivity contribution in [2.45, 2.75) is 13.0 Å². The fourth-order valence-corrected chi connectivity index (χ4v) is 2.02. The highest BCUT2D eigenvalue weighted by molar-refractivity contribution is 5.88. The van der Waals surface area contributed by atoms with Gasteiger partial charge in [-0.05, 0) is 42.3 Å². The fraction of sp³-hybridized carbons (Fsp3) is 0.167. The molecule has 22 heavy (non-hydrogen) atoms. The minimum Gasteiger partial charge on any atom is -0.508 e. The highest BCUT2D eigenvalue weighted by Gasteiger charge is 2.14. The van der Waals surface area contributed by atoms with Gasteiger partial charge in [0, 0.05) is 12.7 Å². The highest BCUT2D eigenvalue weighted by atomic mass is 16.5. The van der Waals surface area contributed by atoms with Crippen LogP contribution in [0.25, 0.3) is 0 Å². The molecule has 1 N–H and O–H groups in total. The maximum Gasteiger partial charge on any atom is 0.338 e. The van der Waals surface area contributed by atoms with Crippen LogP contribution in [0.3, 0.4) is 0 Å². The summed E-state index contributed by atoms with van der Waals surface area (Å²) in [6.45, 7) is 5.14. The summed E-state index contributed by atoms with van der Waals surface area (Å²) in [6.07, 6.45) is -0.258. The third kappa shape index (κ3) is 3.74. The van der Waals surface area contributed by atoms with Crippen LogP contribution < -0.4 is 4.74 Å². The van der Waals surface area contributed by atoms with Crippen LogP contribution in [0, 0.1) is 0 Å². The lowest BCUT2D eigenvalue weighted by Gasteiger charge is -2.16. The quantitative estimate of drug-likeness (QED) is 0.520. The summed E-state index contributed by atoms with van der Waals surface area (Å²) in [6, 6.07) is 13.9. The second-order valence-corrected chi connectivity index (χ2v) is 4.95. The van der Waals surface area contributed by atoms with Gasteiger partial charge in [0.25, 0.3) is 0 Å². The molecule has 114 valence electrons. The van der Waals surface area contributed by atoms with Crippen molar-refractivity contribution >= 4 is 5.97 Å². The number of hydrogen-bond donors (Lipinski definition) is 1. The molecule has 0 radical (unpaired) electrons. The van der Waals surface area contributed by atoms with Crippen LogP contribution in [-0.4, -0.2) is 18.2 Å². The Hall–Kier alpha value is -2.59. The lowest BCUT2D eigenvalue weighted by Crippen LogP contribution is -2.08. The van der Waals surface area contributed by atoms with Crippen LogP contribution >= 0.6 is 0 Å². The standard InChI is InChI=1S/C18H18O4/c1-12(2)18(20)22-16-10-6-14(7-11-16)17(21-3)13-4-8-15(19)9-5-13/h4-11,17,19H,1H2,2-3H3. The molecular formula is C18H18O4. The second-order valence-electron chi connectivity index (χ2n) is 4.95.